The van der Waals surface area contributed by atoms with Gasteiger partial charge in [-0.05, 0) is 29.9 Å². The average molecular weight is 449 g/mol. The molecule has 0 aromatic heterocycles. The zero-order chi connectivity index (χ0) is 18.0. The molecule has 2 nitrogen and oxygen atoms in total. The zero-order valence-electron chi connectivity index (χ0n) is 15.3. The van der Waals surface area contributed by atoms with Gasteiger partial charge in [-0.3, -0.25) is 0 Å². The molecule has 2 rings (SSSR count). The number of benzene rings is 2. The van der Waals surface area contributed by atoms with Crippen molar-refractivity contribution in [2.24, 2.45) is 5.41 Å². The van der Waals surface area contributed by atoms with Crippen molar-refractivity contribution in [3.05, 3.63) is 60.7 Å². The number of hydrogen-bond donors (Lipinski definition) is 0. The van der Waals surface area contributed by atoms with Crippen molar-refractivity contribution >= 4 is 30.8 Å². The molecule has 138 valence electrons. The van der Waals surface area contributed by atoms with Crippen LogP contribution in [0.2, 0.25) is 0 Å². The smallest absolute Gasteiger partial charge is 0.130 e. The largest absolute Gasteiger partial charge is 0.300 e. The fourth-order valence-corrected chi connectivity index (χ4v) is 3.67. The first kappa shape index (κ1) is 23.9. The minimum absolute atomic E-state index is 0. The van der Waals surface area contributed by atoms with Gasteiger partial charge in [-0.25, -0.2) is 0 Å². The summed E-state index contributed by atoms with van der Waals surface area (Å²) in [5.74, 6) is 0.299. The van der Waals surface area contributed by atoms with Gasteiger partial charge >= 0.3 is 0 Å². The summed E-state index contributed by atoms with van der Waals surface area (Å²) in [4.78, 5) is 21.5. The van der Waals surface area contributed by atoms with Crippen molar-refractivity contribution in [3.63, 3.8) is 0 Å². The molecular weight excluding hydrogens is 422 g/mol. The fourth-order valence-electron chi connectivity index (χ4n) is 2.62. The third kappa shape index (κ3) is 12.0. The van der Waals surface area contributed by atoms with Gasteiger partial charge in [0.15, 0.2) is 0 Å². The Bertz CT molecular complexity index is 584. The van der Waals surface area contributed by atoms with Crippen LogP contribution in [0.1, 0.15) is 40.5 Å². The molecule has 0 aliphatic rings. The average Bonchev–Trinajstić information content (AvgIpc) is 2.47. The van der Waals surface area contributed by atoms with Gasteiger partial charge in [0.2, 0.25) is 0 Å². The van der Waals surface area contributed by atoms with Gasteiger partial charge in [-0.2, -0.15) is 0 Å². The maximum absolute atomic E-state index is 10.7. The van der Waals surface area contributed by atoms with Crippen LogP contribution in [-0.2, 0) is 30.0 Å². The van der Waals surface area contributed by atoms with Crippen molar-refractivity contribution in [1.82, 2.24) is 0 Å². The molecule has 0 fully saturated rings. The third-order valence-electron chi connectivity index (χ3n) is 3.29. The molecule has 0 aliphatic carbocycles. The summed E-state index contributed by atoms with van der Waals surface area (Å²) in [6.45, 7) is 7.00. The molecule has 2 aromatic carbocycles. The molecule has 25 heavy (non-hydrogen) atoms. The zero-order valence-corrected chi connectivity index (χ0v) is 17.9. The first-order chi connectivity index (χ1) is 11.3. The van der Waals surface area contributed by atoms with Crippen LogP contribution in [0.25, 0.3) is 0 Å². The molecule has 0 aliphatic heterocycles. The summed E-state index contributed by atoms with van der Waals surface area (Å²) in [5, 5.41) is 2.79. The van der Waals surface area contributed by atoms with E-state index in [0.717, 1.165) is 8.58 Å². The SMILES string of the molecule is CC(=O)CC(C)(C)CC(C)=O.[Pd].c1ccc(Pc2ccccc2)cc1. The number of ketones is 2. The van der Waals surface area contributed by atoms with Gasteiger partial charge in [0.05, 0.1) is 0 Å². The van der Waals surface area contributed by atoms with Crippen LogP contribution in [0.15, 0.2) is 60.7 Å². The van der Waals surface area contributed by atoms with Crippen molar-refractivity contribution in [1.29, 1.82) is 0 Å². The summed E-state index contributed by atoms with van der Waals surface area (Å²) in [6, 6.07) is 21.2. The maximum Gasteiger partial charge on any atom is 0.130 e. The summed E-state index contributed by atoms with van der Waals surface area (Å²) in [5.41, 5.74) is -0.155. The second-order valence-corrected chi connectivity index (χ2v) is 8.18. The molecule has 0 saturated heterocycles. The van der Waals surface area contributed by atoms with Crippen LogP contribution in [0, 0.1) is 5.41 Å². The summed E-state index contributed by atoms with van der Waals surface area (Å²) < 4.78 is 0. The topological polar surface area (TPSA) is 34.1 Å². The van der Waals surface area contributed by atoms with Gasteiger partial charge in [0.1, 0.15) is 11.6 Å². The van der Waals surface area contributed by atoms with Crippen LogP contribution in [0.3, 0.4) is 0 Å². The van der Waals surface area contributed by atoms with Crippen molar-refractivity contribution < 1.29 is 30.0 Å². The second kappa shape index (κ2) is 12.3. The first-order valence-electron chi connectivity index (χ1n) is 8.14. The molecule has 0 spiro atoms. The number of Topliss-reactive ketones (excluding diaryl/α,β-unsaturated/α-hetero) is 2. The van der Waals surface area contributed by atoms with Crippen LogP contribution in [0.5, 0.6) is 0 Å². The van der Waals surface area contributed by atoms with E-state index in [2.05, 4.69) is 60.7 Å². The molecule has 0 heterocycles. The Morgan fingerprint density at radius 3 is 1.36 bits per heavy atom. The minimum atomic E-state index is -0.155. The molecule has 0 atom stereocenters. The summed E-state index contributed by atoms with van der Waals surface area (Å²) in [6.07, 6.45) is 0.985. The summed E-state index contributed by atoms with van der Waals surface area (Å²) >= 11 is 0. The van der Waals surface area contributed by atoms with E-state index in [1.165, 1.54) is 10.6 Å². The van der Waals surface area contributed by atoms with E-state index < -0.39 is 0 Å². The quantitative estimate of drug-likeness (QED) is 0.488. The molecule has 4 heteroatoms. The Morgan fingerprint density at radius 1 is 0.760 bits per heavy atom. The van der Waals surface area contributed by atoms with E-state index >= 15 is 0 Å². The van der Waals surface area contributed by atoms with Gasteiger partial charge in [0, 0.05) is 33.3 Å². The van der Waals surface area contributed by atoms with Crippen LogP contribution < -0.4 is 10.6 Å². The molecule has 2 aromatic rings. The van der Waals surface area contributed by atoms with E-state index in [9.17, 15) is 9.59 Å². The Balaban J connectivity index is 0.000000451. The number of carbonyl (C=O) groups is 2. The van der Waals surface area contributed by atoms with Crippen molar-refractivity contribution in [2.75, 3.05) is 0 Å². The molecular formula is C21H27O2PPd. The number of carbonyl (C=O) groups excluding carboxylic acids is 2. The molecule has 0 unspecified atom stereocenters. The van der Waals surface area contributed by atoms with E-state index in [4.69, 9.17) is 0 Å². The molecule has 0 bridgehead atoms. The monoisotopic (exact) mass is 448 g/mol. The van der Waals surface area contributed by atoms with Gasteiger partial charge < -0.3 is 9.59 Å². The number of rotatable bonds is 6. The Morgan fingerprint density at radius 2 is 1.08 bits per heavy atom. The normalized spacial score (nSPS) is 10.1. The molecule has 0 radical (unpaired) electrons. The Kier molecular flexibility index (Phi) is 11.7. The van der Waals surface area contributed by atoms with Crippen LogP contribution in [0.4, 0.5) is 0 Å². The van der Waals surface area contributed by atoms with E-state index in [1.54, 1.807) is 13.8 Å². The van der Waals surface area contributed by atoms with Crippen molar-refractivity contribution in [3.8, 4) is 0 Å². The van der Waals surface area contributed by atoms with E-state index in [1.807, 2.05) is 13.8 Å². The number of hydrogen-bond acceptors (Lipinski definition) is 2. The van der Waals surface area contributed by atoms with Gasteiger partial charge in [-0.1, -0.05) is 83.1 Å². The summed E-state index contributed by atoms with van der Waals surface area (Å²) in [7, 11) is 0.777. The van der Waals surface area contributed by atoms with Crippen molar-refractivity contribution in [2.45, 2.75) is 40.5 Å². The minimum Gasteiger partial charge on any atom is -0.300 e. The Labute approximate surface area is 167 Å². The van der Waals surface area contributed by atoms with E-state index in [0.29, 0.717) is 12.8 Å². The predicted octanol–water partition coefficient (Wildman–Crippen LogP) is 4.28. The molecule has 0 N–H and O–H groups in total. The second-order valence-electron chi connectivity index (χ2n) is 6.78. The Hall–Kier alpha value is -1.13. The van der Waals surface area contributed by atoms with Gasteiger partial charge in [0.25, 0.3) is 0 Å². The molecule has 0 amide bonds. The van der Waals surface area contributed by atoms with Gasteiger partial charge in [-0.15, -0.1) is 0 Å². The maximum atomic E-state index is 10.7. The first-order valence-corrected chi connectivity index (χ1v) is 9.14. The standard InChI is InChI=1S/C12H11P.C9H16O2.Pd/c1-3-7-11(8-4-1)13-12-9-5-2-6-10-12;1-7(10)5-9(3,4)6-8(2)11;/h1-10,13H;5-6H2,1-4H3;. The fraction of sp³-hybridized carbons (Fsp3) is 0.333. The van der Waals surface area contributed by atoms with Crippen LogP contribution >= 0.6 is 8.58 Å². The van der Waals surface area contributed by atoms with Crippen LogP contribution in [-0.4, -0.2) is 11.6 Å². The van der Waals surface area contributed by atoms with E-state index in [-0.39, 0.29) is 37.4 Å². The predicted molar refractivity (Wildman–Crippen MR) is 105 cm³/mol. The third-order valence-corrected chi connectivity index (χ3v) is 4.54. The molecule has 0 saturated carbocycles.